The Morgan fingerprint density at radius 1 is 0.854 bits per heavy atom. The highest BCUT2D eigenvalue weighted by atomic mass is 16.5. The molecule has 41 heavy (non-hydrogen) atoms. The largest absolute Gasteiger partial charge is 0.508 e. The van der Waals surface area contributed by atoms with Gasteiger partial charge in [-0.1, -0.05) is 30.3 Å². The minimum absolute atomic E-state index is 0.133. The van der Waals surface area contributed by atoms with Gasteiger partial charge in [0.25, 0.3) is 0 Å². The molecular weight excluding hydrogens is 520 g/mol. The Hall–Kier alpha value is -4.74. The standard InChI is InChI=1S/C30H32N8O3/c39-18-23(20-41-19-22-4-2-1-3-5-22)33-28-27-29(38(21-32-27)25-10-12-31-13-11-25)35-30(34-28)37-16-14-36(15-17-37)24-6-8-26(40)9-7-24/h1-13,21,23,39-40H,14-20H2,(H,33,34,35). The van der Waals surface area contributed by atoms with Gasteiger partial charge in [-0.3, -0.25) is 9.55 Å². The number of hydrogen-bond acceptors (Lipinski definition) is 10. The highest BCUT2D eigenvalue weighted by Crippen LogP contribution is 2.27. The molecule has 1 aliphatic heterocycles. The van der Waals surface area contributed by atoms with Crippen LogP contribution in [0.25, 0.3) is 16.9 Å². The number of imidazole rings is 1. The van der Waals surface area contributed by atoms with Crippen molar-refractivity contribution < 1.29 is 14.9 Å². The summed E-state index contributed by atoms with van der Waals surface area (Å²) >= 11 is 0. The van der Waals surface area contributed by atoms with Gasteiger partial charge in [0.05, 0.1) is 31.5 Å². The van der Waals surface area contributed by atoms with Crippen LogP contribution < -0.4 is 15.1 Å². The van der Waals surface area contributed by atoms with Gasteiger partial charge in [0.15, 0.2) is 17.0 Å². The van der Waals surface area contributed by atoms with Crippen molar-refractivity contribution in [2.75, 3.05) is 54.5 Å². The number of hydrogen-bond donors (Lipinski definition) is 3. The molecule has 2 aromatic carbocycles. The molecule has 3 aromatic heterocycles. The number of nitrogens with one attached hydrogen (secondary N) is 1. The zero-order chi connectivity index (χ0) is 28.0. The van der Waals surface area contributed by atoms with E-state index in [1.54, 1.807) is 30.9 Å². The fraction of sp³-hybridized carbons (Fsp3) is 0.267. The molecule has 0 bridgehead atoms. The Balaban J connectivity index is 1.25. The molecule has 0 saturated carbocycles. The van der Waals surface area contributed by atoms with Crippen LogP contribution in [0.1, 0.15) is 5.56 Å². The molecule has 0 radical (unpaired) electrons. The zero-order valence-electron chi connectivity index (χ0n) is 22.5. The van der Waals surface area contributed by atoms with Gasteiger partial charge in [-0.25, -0.2) is 4.98 Å². The fourth-order valence-electron chi connectivity index (χ4n) is 4.88. The molecule has 3 N–H and O–H groups in total. The van der Waals surface area contributed by atoms with Crippen molar-refractivity contribution in [1.29, 1.82) is 0 Å². The number of aliphatic hydroxyl groups is 1. The molecule has 1 atom stereocenters. The van der Waals surface area contributed by atoms with Gasteiger partial charge >= 0.3 is 0 Å². The summed E-state index contributed by atoms with van der Waals surface area (Å²) in [6, 6.07) is 20.6. The average Bonchev–Trinajstić information content (AvgIpc) is 3.46. The Kier molecular flexibility index (Phi) is 7.88. The van der Waals surface area contributed by atoms with E-state index >= 15 is 0 Å². The van der Waals surface area contributed by atoms with Crippen molar-refractivity contribution in [3.05, 3.63) is 91.0 Å². The quantitative estimate of drug-likeness (QED) is 0.238. The van der Waals surface area contributed by atoms with E-state index in [0.29, 0.717) is 36.1 Å². The Labute approximate surface area is 237 Å². The van der Waals surface area contributed by atoms with Gasteiger partial charge < -0.3 is 30.1 Å². The molecule has 0 amide bonds. The number of anilines is 3. The molecule has 5 aromatic rings. The Bertz CT molecular complexity index is 1560. The third-order valence-corrected chi connectivity index (χ3v) is 7.09. The summed E-state index contributed by atoms with van der Waals surface area (Å²) in [5.74, 6) is 1.38. The van der Waals surface area contributed by atoms with Gasteiger partial charge in [-0.05, 0) is 42.0 Å². The minimum atomic E-state index is -0.387. The summed E-state index contributed by atoms with van der Waals surface area (Å²) in [4.78, 5) is 23.1. The summed E-state index contributed by atoms with van der Waals surface area (Å²) in [6.07, 6.45) is 5.19. The maximum absolute atomic E-state index is 10.2. The molecular formula is C30H32N8O3. The molecule has 0 spiro atoms. The highest BCUT2D eigenvalue weighted by Gasteiger charge is 2.23. The predicted octanol–water partition coefficient (Wildman–Crippen LogP) is 3.23. The first-order chi connectivity index (χ1) is 20.2. The van der Waals surface area contributed by atoms with Gasteiger partial charge in [-0.2, -0.15) is 9.97 Å². The normalized spacial score (nSPS) is 14.4. The number of fused-ring (bicyclic) bond motifs is 1. The second-order valence-electron chi connectivity index (χ2n) is 9.88. The molecule has 210 valence electrons. The van der Waals surface area contributed by atoms with Crippen LogP contribution in [0.5, 0.6) is 5.75 Å². The number of benzene rings is 2. The lowest BCUT2D eigenvalue weighted by atomic mass is 10.2. The molecule has 1 unspecified atom stereocenters. The monoisotopic (exact) mass is 552 g/mol. The minimum Gasteiger partial charge on any atom is -0.508 e. The van der Waals surface area contributed by atoms with Crippen LogP contribution in [-0.2, 0) is 11.3 Å². The van der Waals surface area contributed by atoms with Crippen LogP contribution >= 0.6 is 0 Å². The average molecular weight is 553 g/mol. The molecule has 11 heteroatoms. The fourth-order valence-corrected chi connectivity index (χ4v) is 4.88. The molecule has 4 heterocycles. The smallest absolute Gasteiger partial charge is 0.229 e. The number of aromatic hydroxyl groups is 1. The van der Waals surface area contributed by atoms with E-state index in [-0.39, 0.29) is 18.4 Å². The summed E-state index contributed by atoms with van der Waals surface area (Å²) in [5, 5.41) is 23.2. The van der Waals surface area contributed by atoms with Crippen molar-refractivity contribution >= 4 is 28.6 Å². The molecule has 1 saturated heterocycles. The van der Waals surface area contributed by atoms with Crippen molar-refractivity contribution in [1.82, 2.24) is 24.5 Å². The van der Waals surface area contributed by atoms with E-state index in [1.165, 1.54) is 0 Å². The first-order valence-electron chi connectivity index (χ1n) is 13.6. The molecule has 1 aliphatic rings. The Morgan fingerprint density at radius 2 is 1.59 bits per heavy atom. The number of pyridine rings is 1. The lowest BCUT2D eigenvalue weighted by Crippen LogP contribution is -2.47. The van der Waals surface area contributed by atoms with Crippen LogP contribution in [0.4, 0.5) is 17.5 Å². The first kappa shape index (κ1) is 26.5. The topological polar surface area (TPSA) is 125 Å². The van der Waals surface area contributed by atoms with Gasteiger partial charge in [0.1, 0.15) is 12.1 Å². The maximum Gasteiger partial charge on any atom is 0.229 e. The van der Waals surface area contributed by atoms with E-state index in [0.717, 1.165) is 43.1 Å². The van der Waals surface area contributed by atoms with Crippen molar-refractivity contribution in [2.45, 2.75) is 12.6 Å². The van der Waals surface area contributed by atoms with Crippen LogP contribution in [0.15, 0.2) is 85.5 Å². The van der Waals surface area contributed by atoms with Crippen molar-refractivity contribution in [2.24, 2.45) is 0 Å². The molecule has 11 nitrogen and oxygen atoms in total. The second kappa shape index (κ2) is 12.2. The van der Waals surface area contributed by atoms with Crippen LogP contribution in [0.3, 0.4) is 0 Å². The second-order valence-corrected chi connectivity index (χ2v) is 9.88. The third kappa shape index (κ3) is 6.06. The van der Waals surface area contributed by atoms with Gasteiger partial charge in [0, 0.05) is 44.3 Å². The summed E-state index contributed by atoms with van der Waals surface area (Å²) in [6.45, 7) is 3.62. The summed E-state index contributed by atoms with van der Waals surface area (Å²) < 4.78 is 7.83. The number of rotatable bonds is 10. The van der Waals surface area contributed by atoms with Crippen molar-refractivity contribution in [3.8, 4) is 11.4 Å². The number of aromatic nitrogens is 5. The van der Waals surface area contributed by atoms with Gasteiger partial charge in [-0.15, -0.1) is 0 Å². The number of phenolic OH excluding ortho intramolecular Hbond substituents is 1. The SMILES string of the molecule is OCC(COCc1ccccc1)Nc1nc(N2CCN(c3ccc(O)cc3)CC2)nc2c1ncn2-c1ccncc1. The number of aliphatic hydroxyl groups excluding tert-OH is 1. The lowest BCUT2D eigenvalue weighted by molar-refractivity contribution is 0.0951. The van der Waals surface area contributed by atoms with E-state index in [2.05, 4.69) is 25.1 Å². The van der Waals surface area contributed by atoms with Gasteiger partial charge in [0.2, 0.25) is 5.95 Å². The van der Waals surface area contributed by atoms with E-state index < -0.39 is 0 Å². The lowest BCUT2D eigenvalue weighted by Gasteiger charge is -2.36. The van der Waals surface area contributed by atoms with Crippen LogP contribution in [-0.4, -0.2) is 80.2 Å². The number of ether oxygens (including phenoxy) is 1. The summed E-state index contributed by atoms with van der Waals surface area (Å²) in [7, 11) is 0. The molecule has 6 rings (SSSR count). The van der Waals surface area contributed by atoms with E-state index in [4.69, 9.17) is 14.7 Å². The number of nitrogens with zero attached hydrogens (tertiary/aromatic N) is 7. The molecule has 1 fully saturated rings. The predicted molar refractivity (Wildman–Crippen MR) is 158 cm³/mol. The highest BCUT2D eigenvalue weighted by molar-refractivity contribution is 5.85. The summed E-state index contributed by atoms with van der Waals surface area (Å²) in [5.41, 5.74) is 4.29. The van der Waals surface area contributed by atoms with E-state index in [9.17, 15) is 10.2 Å². The number of phenols is 1. The zero-order valence-corrected chi connectivity index (χ0v) is 22.5. The van der Waals surface area contributed by atoms with Crippen LogP contribution in [0.2, 0.25) is 0 Å². The maximum atomic E-state index is 10.2. The van der Waals surface area contributed by atoms with Crippen molar-refractivity contribution in [3.63, 3.8) is 0 Å². The first-order valence-corrected chi connectivity index (χ1v) is 13.6. The third-order valence-electron chi connectivity index (χ3n) is 7.09. The van der Waals surface area contributed by atoms with Crippen LogP contribution in [0, 0.1) is 0 Å². The van der Waals surface area contributed by atoms with E-state index in [1.807, 2.05) is 59.2 Å². The number of piperazine rings is 1. The molecule has 0 aliphatic carbocycles. The Morgan fingerprint density at radius 3 is 2.32 bits per heavy atom.